The lowest BCUT2D eigenvalue weighted by molar-refractivity contribution is -0.137. The smallest absolute Gasteiger partial charge is 0.314 e. The molecule has 0 aromatic rings. The molecule has 5 heteroatoms. The van der Waals surface area contributed by atoms with Crippen LogP contribution >= 0.6 is 0 Å². The molecule has 5 nitrogen and oxygen atoms in total. The number of rotatable bonds is 11. The van der Waals surface area contributed by atoms with Crippen LogP contribution in [0.1, 0.15) is 65.7 Å². The van der Waals surface area contributed by atoms with Gasteiger partial charge in [0.25, 0.3) is 0 Å². The lowest BCUT2D eigenvalue weighted by Crippen LogP contribution is -2.41. The van der Waals surface area contributed by atoms with Gasteiger partial charge in [0, 0.05) is 19.0 Å². The Bertz CT molecular complexity index is 282. The summed E-state index contributed by atoms with van der Waals surface area (Å²) in [4.78, 5) is 22.1. The molecule has 0 radical (unpaired) electrons. The van der Waals surface area contributed by atoms with Gasteiger partial charge in [-0.25, -0.2) is 4.79 Å². The number of hydrogen-bond acceptors (Lipinski definition) is 2. The summed E-state index contributed by atoms with van der Waals surface area (Å²) in [7, 11) is 0. The molecule has 3 N–H and O–H groups in total. The van der Waals surface area contributed by atoms with Crippen molar-refractivity contribution in [1.82, 2.24) is 10.6 Å². The van der Waals surface area contributed by atoms with E-state index in [9.17, 15) is 9.59 Å². The summed E-state index contributed by atoms with van der Waals surface area (Å²) in [6.07, 6.45) is 6.21. The molecule has 0 heterocycles. The first kappa shape index (κ1) is 18.7. The van der Waals surface area contributed by atoms with Crippen molar-refractivity contribution in [2.24, 2.45) is 5.92 Å². The maximum atomic E-state index is 11.6. The van der Waals surface area contributed by atoms with E-state index in [1.165, 1.54) is 12.8 Å². The number of carbonyl (C=O) groups excluding carboxylic acids is 1. The second-order valence-electron chi connectivity index (χ2n) is 5.62. The minimum absolute atomic E-state index is 0.126. The quantitative estimate of drug-likeness (QED) is 0.510. The third-order valence-electron chi connectivity index (χ3n) is 3.39. The second kappa shape index (κ2) is 11.6. The third kappa shape index (κ3) is 11.8. The van der Waals surface area contributed by atoms with Gasteiger partial charge in [-0.15, -0.1) is 0 Å². The Morgan fingerprint density at radius 3 is 2.40 bits per heavy atom. The fourth-order valence-corrected chi connectivity index (χ4v) is 1.99. The predicted octanol–water partition coefficient (Wildman–Crippen LogP) is 3.15. The zero-order valence-corrected chi connectivity index (χ0v) is 13.1. The molecule has 0 aliphatic heterocycles. The van der Waals surface area contributed by atoms with Gasteiger partial charge in [-0.2, -0.15) is 0 Å². The topological polar surface area (TPSA) is 78.4 Å². The van der Waals surface area contributed by atoms with Crippen LogP contribution in [0.25, 0.3) is 0 Å². The number of aliphatic carboxylic acids is 1. The maximum Gasteiger partial charge on any atom is 0.314 e. The average molecular weight is 286 g/mol. The van der Waals surface area contributed by atoms with Gasteiger partial charge in [0.05, 0.1) is 0 Å². The molecule has 0 saturated carbocycles. The van der Waals surface area contributed by atoms with Crippen molar-refractivity contribution in [1.29, 1.82) is 0 Å². The van der Waals surface area contributed by atoms with Gasteiger partial charge in [-0.3, -0.25) is 4.79 Å². The van der Waals surface area contributed by atoms with Gasteiger partial charge in [0.15, 0.2) is 0 Å². The molecule has 0 aliphatic rings. The zero-order chi connectivity index (χ0) is 15.4. The molecule has 0 aliphatic carbocycles. The SMILES string of the molecule is CCCCCC(C)NC(=O)NCCC(C)CCC(=O)O. The van der Waals surface area contributed by atoms with E-state index in [1.807, 2.05) is 13.8 Å². The first-order chi connectivity index (χ1) is 9.45. The van der Waals surface area contributed by atoms with Crippen molar-refractivity contribution < 1.29 is 14.7 Å². The summed E-state index contributed by atoms with van der Waals surface area (Å²) in [5.41, 5.74) is 0. The summed E-state index contributed by atoms with van der Waals surface area (Å²) in [6.45, 7) is 6.78. The second-order valence-corrected chi connectivity index (χ2v) is 5.62. The number of urea groups is 1. The van der Waals surface area contributed by atoms with Crippen molar-refractivity contribution >= 4 is 12.0 Å². The number of carboxylic acid groups (broad SMARTS) is 1. The fraction of sp³-hybridized carbons (Fsp3) is 0.867. The van der Waals surface area contributed by atoms with E-state index < -0.39 is 5.97 Å². The van der Waals surface area contributed by atoms with Crippen LogP contribution in [0.4, 0.5) is 4.79 Å². The van der Waals surface area contributed by atoms with Crippen LogP contribution in [-0.2, 0) is 4.79 Å². The third-order valence-corrected chi connectivity index (χ3v) is 3.39. The monoisotopic (exact) mass is 286 g/mol. The van der Waals surface area contributed by atoms with E-state index in [0.29, 0.717) is 18.9 Å². The molecule has 0 fully saturated rings. The van der Waals surface area contributed by atoms with Crippen LogP contribution in [0.2, 0.25) is 0 Å². The van der Waals surface area contributed by atoms with Crippen molar-refractivity contribution in [3.63, 3.8) is 0 Å². The molecule has 2 atom stereocenters. The Labute approximate surface area is 122 Å². The van der Waals surface area contributed by atoms with Crippen molar-refractivity contribution in [2.45, 2.75) is 71.8 Å². The minimum atomic E-state index is -0.761. The molecule has 118 valence electrons. The largest absolute Gasteiger partial charge is 0.481 e. The summed E-state index contributed by atoms with van der Waals surface area (Å²) >= 11 is 0. The molecule has 20 heavy (non-hydrogen) atoms. The Balaban J connectivity index is 3.59. The Hall–Kier alpha value is -1.26. The fourth-order valence-electron chi connectivity index (χ4n) is 1.99. The predicted molar refractivity (Wildman–Crippen MR) is 80.8 cm³/mol. The van der Waals surface area contributed by atoms with Crippen LogP contribution in [0.3, 0.4) is 0 Å². The first-order valence-electron chi connectivity index (χ1n) is 7.71. The molecule has 0 bridgehead atoms. The lowest BCUT2D eigenvalue weighted by Gasteiger charge is -2.15. The maximum absolute atomic E-state index is 11.6. The number of carbonyl (C=O) groups is 2. The Morgan fingerprint density at radius 2 is 1.80 bits per heavy atom. The number of amides is 2. The highest BCUT2D eigenvalue weighted by Crippen LogP contribution is 2.09. The van der Waals surface area contributed by atoms with Crippen molar-refractivity contribution in [3.8, 4) is 0 Å². The van der Waals surface area contributed by atoms with Gasteiger partial charge in [0.1, 0.15) is 0 Å². The van der Waals surface area contributed by atoms with Crippen LogP contribution in [0.15, 0.2) is 0 Å². The standard InChI is InChI=1S/C15H30N2O3/c1-4-5-6-7-13(3)17-15(20)16-11-10-12(2)8-9-14(18)19/h12-13H,4-11H2,1-3H3,(H,18,19)(H2,16,17,20). The van der Waals surface area contributed by atoms with Gasteiger partial charge >= 0.3 is 12.0 Å². The van der Waals surface area contributed by atoms with Crippen molar-refractivity contribution in [3.05, 3.63) is 0 Å². The van der Waals surface area contributed by atoms with Gasteiger partial charge in [-0.05, 0) is 32.1 Å². The Kier molecular flexibility index (Phi) is 10.8. The Morgan fingerprint density at radius 1 is 1.10 bits per heavy atom. The molecular formula is C15H30N2O3. The molecule has 2 unspecified atom stereocenters. The van der Waals surface area contributed by atoms with E-state index in [4.69, 9.17) is 5.11 Å². The number of hydrogen-bond donors (Lipinski definition) is 3. The molecule has 0 saturated heterocycles. The van der Waals surface area contributed by atoms with Crippen LogP contribution < -0.4 is 10.6 Å². The minimum Gasteiger partial charge on any atom is -0.481 e. The van der Waals surface area contributed by atoms with E-state index >= 15 is 0 Å². The summed E-state index contributed by atoms with van der Waals surface area (Å²) in [5, 5.41) is 14.3. The molecule has 0 aromatic heterocycles. The first-order valence-corrected chi connectivity index (χ1v) is 7.71. The molecule has 0 rings (SSSR count). The van der Waals surface area contributed by atoms with Gasteiger partial charge in [0.2, 0.25) is 0 Å². The van der Waals surface area contributed by atoms with Crippen LogP contribution in [0, 0.1) is 5.92 Å². The van der Waals surface area contributed by atoms with E-state index in [1.54, 1.807) is 0 Å². The number of nitrogens with one attached hydrogen (secondary N) is 2. The average Bonchev–Trinajstić information content (AvgIpc) is 2.36. The number of carboxylic acids is 1. The van der Waals surface area contributed by atoms with Crippen LogP contribution in [-0.4, -0.2) is 29.7 Å². The van der Waals surface area contributed by atoms with E-state index in [2.05, 4.69) is 17.6 Å². The highest BCUT2D eigenvalue weighted by Gasteiger charge is 2.08. The highest BCUT2D eigenvalue weighted by atomic mass is 16.4. The van der Waals surface area contributed by atoms with Crippen molar-refractivity contribution in [2.75, 3.05) is 6.54 Å². The summed E-state index contributed by atoms with van der Waals surface area (Å²) < 4.78 is 0. The van der Waals surface area contributed by atoms with E-state index in [0.717, 1.165) is 19.3 Å². The summed E-state index contributed by atoms with van der Waals surface area (Å²) in [5.74, 6) is -0.447. The molecular weight excluding hydrogens is 256 g/mol. The van der Waals surface area contributed by atoms with Gasteiger partial charge < -0.3 is 15.7 Å². The lowest BCUT2D eigenvalue weighted by atomic mass is 10.0. The zero-order valence-electron chi connectivity index (χ0n) is 13.1. The molecule has 0 spiro atoms. The normalized spacial score (nSPS) is 13.6. The molecule has 2 amide bonds. The molecule has 0 aromatic carbocycles. The summed E-state index contributed by atoms with van der Waals surface area (Å²) in [6, 6.07) is 0.0745. The number of unbranched alkanes of at least 4 members (excludes halogenated alkanes) is 2. The van der Waals surface area contributed by atoms with E-state index in [-0.39, 0.29) is 18.5 Å². The van der Waals surface area contributed by atoms with Gasteiger partial charge in [-0.1, -0.05) is 33.1 Å². The van der Waals surface area contributed by atoms with Crippen LogP contribution in [0.5, 0.6) is 0 Å². The highest BCUT2D eigenvalue weighted by molar-refractivity contribution is 5.74.